The van der Waals surface area contributed by atoms with E-state index in [2.05, 4.69) is 6.92 Å². The summed E-state index contributed by atoms with van der Waals surface area (Å²) < 4.78 is 13.4. The SMILES string of the molecule is CCCC[C@H]1CC[C@H](c2ccc(Cl)c(F)c2)CC1. The molecule has 18 heavy (non-hydrogen) atoms. The number of rotatable bonds is 4. The molecule has 0 aromatic heterocycles. The van der Waals surface area contributed by atoms with Crippen LogP contribution in [0.4, 0.5) is 4.39 Å². The summed E-state index contributed by atoms with van der Waals surface area (Å²) in [5.74, 6) is 1.16. The molecule has 2 heteroatoms. The summed E-state index contributed by atoms with van der Waals surface area (Å²) in [4.78, 5) is 0. The van der Waals surface area contributed by atoms with E-state index < -0.39 is 0 Å². The van der Waals surface area contributed by atoms with Crippen LogP contribution < -0.4 is 0 Å². The zero-order valence-corrected chi connectivity index (χ0v) is 11.8. The van der Waals surface area contributed by atoms with Crippen molar-refractivity contribution in [1.82, 2.24) is 0 Å². The summed E-state index contributed by atoms with van der Waals surface area (Å²) in [5, 5.41) is 0.232. The van der Waals surface area contributed by atoms with Crippen molar-refractivity contribution in [3.63, 3.8) is 0 Å². The minimum Gasteiger partial charge on any atom is -0.205 e. The minimum absolute atomic E-state index is 0.232. The van der Waals surface area contributed by atoms with E-state index in [1.54, 1.807) is 12.1 Å². The fourth-order valence-corrected chi connectivity index (χ4v) is 3.16. The van der Waals surface area contributed by atoms with Gasteiger partial charge in [-0.2, -0.15) is 0 Å². The van der Waals surface area contributed by atoms with Gasteiger partial charge in [0.15, 0.2) is 0 Å². The van der Waals surface area contributed by atoms with Gasteiger partial charge in [-0.15, -0.1) is 0 Å². The van der Waals surface area contributed by atoms with Crippen LogP contribution in [-0.4, -0.2) is 0 Å². The molecular formula is C16H22ClF. The summed E-state index contributed by atoms with van der Waals surface area (Å²) >= 11 is 5.72. The van der Waals surface area contributed by atoms with E-state index in [-0.39, 0.29) is 10.8 Å². The van der Waals surface area contributed by atoms with Gasteiger partial charge in [0, 0.05) is 0 Å². The third kappa shape index (κ3) is 3.47. The first-order valence-corrected chi connectivity index (χ1v) is 7.53. The molecule has 0 saturated heterocycles. The Bertz CT molecular complexity index is 381. The lowest BCUT2D eigenvalue weighted by Gasteiger charge is -2.28. The van der Waals surface area contributed by atoms with Gasteiger partial charge in [0.25, 0.3) is 0 Å². The van der Waals surface area contributed by atoms with Crippen molar-refractivity contribution in [2.75, 3.05) is 0 Å². The number of benzene rings is 1. The molecule has 2 rings (SSSR count). The highest BCUT2D eigenvalue weighted by Crippen LogP contribution is 2.38. The monoisotopic (exact) mass is 268 g/mol. The molecule has 1 aromatic rings. The van der Waals surface area contributed by atoms with Crippen LogP contribution in [0.5, 0.6) is 0 Å². The Morgan fingerprint density at radius 2 is 1.94 bits per heavy atom. The zero-order chi connectivity index (χ0) is 13.0. The second-order valence-corrected chi connectivity index (χ2v) is 5.94. The van der Waals surface area contributed by atoms with Gasteiger partial charge in [0.1, 0.15) is 5.82 Å². The molecule has 1 aliphatic carbocycles. The van der Waals surface area contributed by atoms with Gasteiger partial charge in [0.05, 0.1) is 5.02 Å². The Kier molecular flexibility index (Phi) is 5.05. The number of unbranched alkanes of at least 4 members (excludes halogenated alkanes) is 1. The minimum atomic E-state index is -0.276. The van der Waals surface area contributed by atoms with E-state index in [9.17, 15) is 4.39 Å². The van der Waals surface area contributed by atoms with Gasteiger partial charge < -0.3 is 0 Å². The number of hydrogen-bond acceptors (Lipinski definition) is 0. The lowest BCUT2D eigenvalue weighted by atomic mass is 9.77. The smallest absolute Gasteiger partial charge is 0.142 e. The first kappa shape index (κ1) is 13.9. The van der Waals surface area contributed by atoms with Gasteiger partial charge in [-0.1, -0.05) is 43.9 Å². The van der Waals surface area contributed by atoms with Crippen molar-refractivity contribution >= 4 is 11.6 Å². The van der Waals surface area contributed by atoms with Gasteiger partial charge in [0.2, 0.25) is 0 Å². The average Bonchev–Trinajstić information content (AvgIpc) is 2.40. The quantitative estimate of drug-likeness (QED) is 0.634. The van der Waals surface area contributed by atoms with Crippen molar-refractivity contribution in [2.45, 2.75) is 57.8 Å². The normalized spacial score (nSPS) is 24.2. The standard InChI is InChI=1S/C16H22ClF/c1-2-3-4-12-5-7-13(8-6-12)14-9-10-15(17)16(18)11-14/h9-13H,2-8H2,1H3/t12-,13-. The topological polar surface area (TPSA) is 0 Å². The molecule has 0 heterocycles. The maximum absolute atomic E-state index is 13.4. The van der Waals surface area contributed by atoms with Crippen LogP contribution >= 0.6 is 11.6 Å². The summed E-state index contributed by atoms with van der Waals surface area (Å²) in [6.45, 7) is 2.25. The highest BCUT2D eigenvalue weighted by molar-refractivity contribution is 6.30. The zero-order valence-electron chi connectivity index (χ0n) is 11.1. The van der Waals surface area contributed by atoms with Crippen molar-refractivity contribution in [1.29, 1.82) is 0 Å². The molecule has 0 nitrogen and oxygen atoms in total. The first-order chi connectivity index (χ1) is 8.70. The van der Waals surface area contributed by atoms with Crippen LogP contribution in [0.3, 0.4) is 0 Å². The summed E-state index contributed by atoms with van der Waals surface area (Å²) in [6.07, 6.45) is 9.03. The molecule has 1 aromatic carbocycles. The summed E-state index contributed by atoms with van der Waals surface area (Å²) in [7, 11) is 0. The van der Waals surface area contributed by atoms with E-state index in [0.717, 1.165) is 11.5 Å². The molecule has 1 saturated carbocycles. The van der Waals surface area contributed by atoms with Crippen molar-refractivity contribution in [3.8, 4) is 0 Å². The fourth-order valence-electron chi connectivity index (χ4n) is 3.04. The lowest BCUT2D eigenvalue weighted by Crippen LogP contribution is -2.13. The Morgan fingerprint density at radius 1 is 1.22 bits per heavy atom. The molecule has 0 radical (unpaired) electrons. The molecule has 100 valence electrons. The van der Waals surface area contributed by atoms with Gasteiger partial charge >= 0.3 is 0 Å². The molecular weight excluding hydrogens is 247 g/mol. The molecule has 1 fully saturated rings. The molecule has 0 bridgehead atoms. The second-order valence-electron chi connectivity index (χ2n) is 5.53. The van der Waals surface area contributed by atoms with Crippen molar-refractivity contribution in [2.24, 2.45) is 5.92 Å². The van der Waals surface area contributed by atoms with Gasteiger partial charge in [-0.25, -0.2) is 4.39 Å². The van der Waals surface area contributed by atoms with Crippen LogP contribution in [0, 0.1) is 11.7 Å². The Balaban J connectivity index is 1.90. The van der Waals surface area contributed by atoms with Gasteiger partial charge in [-0.3, -0.25) is 0 Å². The van der Waals surface area contributed by atoms with Crippen molar-refractivity contribution in [3.05, 3.63) is 34.6 Å². The predicted molar refractivity (Wildman–Crippen MR) is 75.6 cm³/mol. The Morgan fingerprint density at radius 3 is 2.56 bits per heavy atom. The predicted octanol–water partition coefficient (Wildman–Crippen LogP) is 5.94. The van der Waals surface area contributed by atoms with Crippen LogP contribution in [0.2, 0.25) is 5.02 Å². The highest BCUT2D eigenvalue weighted by atomic mass is 35.5. The Labute approximate surface area is 115 Å². The maximum atomic E-state index is 13.4. The van der Waals surface area contributed by atoms with Gasteiger partial charge in [-0.05, 0) is 55.2 Å². The largest absolute Gasteiger partial charge is 0.205 e. The van der Waals surface area contributed by atoms with Crippen LogP contribution in [0.15, 0.2) is 18.2 Å². The van der Waals surface area contributed by atoms with Crippen molar-refractivity contribution < 1.29 is 4.39 Å². The highest BCUT2D eigenvalue weighted by Gasteiger charge is 2.22. The average molecular weight is 269 g/mol. The molecule has 0 aliphatic heterocycles. The van der Waals surface area contributed by atoms with E-state index in [0.29, 0.717) is 5.92 Å². The third-order valence-electron chi connectivity index (χ3n) is 4.23. The molecule has 0 unspecified atom stereocenters. The lowest BCUT2D eigenvalue weighted by molar-refractivity contribution is 0.304. The maximum Gasteiger partial charge on any atom is 0.142 e. The molecule has 0 spiro atoms. The second kappa shape index (κ2) is 6.56. The van der Waals surface area contributed by atoms with Crippen LogP contribution in [-0.2, 0) is 0 Å². The van der Waals surface area contributed by atoms with E-state index in [1.807, 2.05) is 6.07 Å². The molecule has 0 N–H and O–H groups in total. The van der Waals surface area contributed by atoms with Crippen LogP contribution in [0.1, 0.15) is 63.4 Å². The molecule has 1 aliphatic rings. The van der Waals surface area contributed by atoms with E-state index in [4.69, 9.17) is 11.6 Å². The Hall–Kier alpha value is -0.560. The third-order valence-corrected chi connectivity index (χ3v) is 4.53. The number of halogens is 2. The first-order valence-electron chi connectivity index (χ1n) is 7.15. The van der Waals surface area contributed by atoms with E-state index >= 15 is 0 Å². The molecule has 0 amide bonds. The fraction of sp³-hybridized carbons (Fsp3) is 0.625. The summed E-state index contributed by atoms with van der Waals surface area (Å²) in [5.41, 5.74) is 1.13. The molecule has 0 atom stereocenters. The summed E-state index contributed by atoms with van der Waals surface area (Å²) in [6, 6.07) is 5.30. The van der Waals surface area contributed by atoms with Crippen LogP contribution in [0.25, 0.3) is 0 Å². The van der Waals surface area contributed by atoms with E-state index in [1.165, 1.54) is 44.9 Å². The number of hydrogen-bond donors (Lipinski definition) is 0.